The fourth-order valence-corrected chi connectivity index (χ4v) is 6.02. The van der Waals surface area contributed by atoms with Gasteiger partial charge in [-0.05, 0) is 71.5 Å². The molecule has 4 aromatic carbocycles. The third kappa shape index (κ3) is 4.30. The molecule has 182 valence electrons. The summed E-state index contributed by atoms with van der Waals surface area (Å²) in [5, 5.41) is 3.97. The fourth-order valence-electron chi connectivity index (χ4n) is 4.82. The number of benzene rings is 4. The van der Waals surface area contributed by atoms with E-state index in [0.29, 0.717) is 16.0 Å². The number of halogens is 1. The van der Waals surface area contributed by atoms with Gasteiger partial charge in [-0.3, -0.25) is 9.59 Å². The van der Waals surface area contributed by atoms with Crippen LogP contribution in [-0.4, -0.2) is 11.8 Å². The Morgan fingerprint density at radius 2 is 1.51 bits per heavy atom. The SMILES string of the molecule is NC(=O)c1c(-c2ccc(F)cc2)sc2ccc(-c3cccc(C(=O)NC4(c5ccccc5)CC4)c3)cc12. The van der Waals surface area contributed by atoms with Gasteiger partial charge in [0.15, 0.2) is 0 Å². The summed E-state index contributed by atoms with van der Waals surface area (Å²) < 4.78 is 14.4. The molecule has 0 atom stereocenters. The molecule has 1 aromatic heterocycles. The van der Waals surface area contributed by atoms with Gasteiger partial charge in [-0.15, -0.1) is 11.3 Å². The number of carbonyl (C=O) groups excluding carboxylic acids is 2. The first-order valence-electron chi connectivity index (χ1n) is 12.0. The summed E-state index contributed by atoms with van der Waals surface area (Å²) in [5.74, 6) is -0.990. The van der Waals surface area contributed by atoms with Crippen LogP contribution in [0.25, 0.3) is 31.7 Å². The minimum atomic E-state index is -0.536. The molecule has 1 heterocycles. The molecule has 0 saturated heterocycles. The van der Waals surface area contributed by atoms with E-state index in [4.69, 9.17) is 5.73 Å². The molecule has 6 rings (SSSR count). The monoisotopic (exact) mass is 506 g/mol. The van der Waals surface area contributed by atoms with E-state index in [1.165, 1.54) is 23.5 Å². The summed E-state index contributed by atoms with van der Waals surface area (Å²) >= 11 is 1.45. The minimum absolute atomic E-state index is 0.115. The van der Waals surface area contributed by atoms with Crippen molar-refractivity contribution in [2.75, 3.05) is 0 Å². The van der Waals surface area contributed by atoms with Crippen molar-refractivity contribution in [1.29, 1.82) is 0 Å². The van der Waals surface area contributed by atoms with Crippen molar-refractivity contribution in [2.24, 2.45) is 5.73 Å². The average molecular weight is 507 g/mol. The smallest absolute Gasteiger partial charge is 0.251 e. The third-order valence-corrected chi connectivity index (χ3v) is 8.15. The van der Waals surface area contributed by atoms with Crippen molar-refractivity contribution in [1.82, 2.24) is 5.32 Å². The predicted octanol–water partition coefficient (Wildman–Crippen LogP) is 6.89. The second-order valence-corrected chi connectivity index (χ2v) is 10.4. The Kier molecular flexibility index (Phi) is 5.61. The highest BCUT2D eigenvalue weighted by Gasteiger charge is 2.45. The van der Waals surface area contributed by atoms with Crippen LogP contribution in [0.5, 0.6) is 0 Å². The topological polar surface area (TPSA) is 72.2 Å². The molecule has 0 unspecified atom stereocenters. The highest BCUT2D eigenvalue weighted by molar-refractivity contribution is 7.22. The predicted molar refractivity (Wildman–Crippen MR) is 146 cm³/mol. The van der Waals surface area contributed by atoms with Crippen LogP contribution in [0.4, 0.5) is 4.39 Å². The molecule has 1 fully saturated rings. The lowest BCUT2D eigenvalue weighted by atomic mass is 9.98. The van der Waals surface area contributed by atoms with Crippen molar-refractivity contribution in [2.45, 2.75) is 18.4 Å². The Bertz CT molecular complexity index is 1650. The summed E-state index contributed by atoms with van der Waals surface area (Å²) in [4.78, 5) is 26.4. The van der Waals surface area contributed by atoms with Gasteiger partial charge < -0.3 is 11.1 Å². The number of fused-ring (bicyclic) bond motifs is 1. The molecule has 0 bridgehead atoms. The number of nitrogens with one attached hydrogen (secondary N) is 1. The van der Waals surface area contributed by atoms with E-state index in [1.54, 1.807) is 12.1 Å². The lowest BCUT2D eigenvalue weighted by Crippen LogP contribution is -2.34. The first kappa shape index (κ1) is 23.1. The van der Waals surface area contributed by atoms with Gasteiger partial charge in [-0.1, -0.05) is 60.7 Å². The Morgan fingerprint density at radius 1 is 0.811 bits per heavy atom. The molecular formula is C31H23FN2O2S. The first-order valence-corrected chi connectivity index (χ1v) is 12.9. The Hall–Kier alpha value is -4.29. The van der Waals surface area contributed by atoms with E-state index >= 15 is 0 Å². The number of amides is 2. The molecular weight excluding hydrogens is 483 g/mol. The van der Waals surface area contributed by atoms with Crippen LogP contribution in [0, 0.1) is 5.82 Å². The van der Waals surface area contributed by atoms with Gasteiger partial charge in [-0.2, -0.15) is 0 Å². The number of nitrogens with two attached hydrogens (primary N) is 1. The number of hydrogen-bond acceptors (Lipinski definition) is 3. The third-order valence-electron chi connectivity index (χ3n) is 6.93. The van der Waals surface area contributed by atoms with E-state index < -0.39 is 5.91 Å². The Labute approximate surface area is 217 Å². The van der Waals surface area contributed by atoms with E-state index in [0.717, 1.165) is 45.2 Å². The molecule has 3 N–H and O–H groups in total. The molecule has 4 nitrogen and oxygen atoms in total. The number of thiophene rings is 1. The van der Waals surface area contributed by atoms with Gasteiger partial charge in [-0.25, -0.2) is 4.39 Å². The maximum Gasteiger partial charge on any atom is 0.251 e. The zero-order chi connectivity index (χ0) is 25.6. The van der Waals surface area contributed by atoms with Crippen LogP contribution in [0.2, 0.25) is 0 Å². The van der Waals surface area contributed by atoms with Gasteiger partial charge in [0.05, 0.1) is 11.1 Å². The Morgan fingerprint density at radius 3 is 2.22 bits per heavy atom. The number of rotatable bonds is 6. The number of primary amides is 1. The van der Waals surface area contributed by atoms with Gasteiger partial charge in [0.1, 0.15) is 5.82 Å². The van der Waals surface area contributed by atoms with E-state index in [1.807, 2.05) is 60.7 Å². The second-order valence-electron chi connectivity index (χ2n) is 9.37. The Balaban J connectivity index is 1.34. The van der Waals surface area contributed by atoms with E-state index in [2.05, 4.69) is 17.4 Å². The highest BCUT2D eigenvalue weighted by Crippen LogP contribution is 2.45. The van der Waals surface area contributed by atoms with Crippen molar-refractivity contribution in [3.8, 4) is 21.6 Å². The van der Waals surface area contributed by atoms with Crippen molar-refractivity contribution in [3.63, 3.8) is 0 Å². The molecule has 5 aromatic rings. The molecule has 1 saturated carbocycles. The summed E-state index contributed by atoms with van der Waals surface area (Å²) in [7, 11) is 0. The minimum Gasteiger partial charge on any atom is -0.366 e. The lowest BCUT2D eigenvalue weighted by molar-refractivity contribution is 0.0930. The molecule has 1 aliphatic rings. The standard InChI is InChI=1S/C31H23FN2O2S/c32-24-12-9-19(10-13-24)28-27(29(33)35)25-18-21(11-14-26(25)37-28)20-5-4-6-22(17-20)30(36)34-31(15-16-31)23-7-2-1-3-8-23/h1-14,17-18H,15-16H2,(H2,33,35)(H,34,36). The molecule has 1 aliphatic carbocycles. The highest BCUT2D eigenvalue weighted by atomic mass is 32.1. The summed E-state index contributed by atoms with van der Waals surface area (Å²) in [6, 6.07) is 29.5. The van der Waals surface area contributed by atoms with Crippen LogP contribution in [-0.2, 0) is 5.54 Å². The molecule has 37 heavy (non-hydrogen) atoms. The van der Waals surface area contributed by atoms with Gasteiger partial charge in [0.25, 0.3) is 11.8 Å². The van der Waals surface area contributed by atoms with Crippen molar-refractivity contribution >= 4 is 33.2 Å². The van der Waals surface area contributed by atoms with Crippen LogP contribution >= 0.6 is 11.3 Å². The van der Waals surface area contributed by atoms with E-state index in [-0.39, 0.29) is 17.3 Å². The zero-order valence-electron chi connectivity index (χ0n) is 19.8. The van der Waals surface area contributed by atoms with Gasteiger partial charge in [0.2, 0.25) is 0 Å². The largest absolute Gasteiger partial charge is 0.366 e. The molecule has 0 spiro atoms. The summed E-state index contributed by atoms with van der Waals surface area (Å²) in [6.07, 6.45) is 1.84. The van der Waals surface area contributed by atoms with E-state index in [9.17, 15) is 14.0 Å². The molecule has 6 heteroatoms. The van der Waals surface area contributed by atoms with Crippen LogP contribution in [0.1, 0.15) is 39.1 Å². The van der Waals surface area contributed by atoms with Gasteiger partial charge >= 0.3 is 0 Å². The quantitative estimate of drug-likeness (QED) is 0.263. The zero-order valence-corrected chi connectivity index (χ0v) is 20.6. The molecule has 0 radical (unpaired) electrons. The summed E-state index contributed by atoms with van der Waals surface area (Å²) in [6.45, 7) is 0. The van der Waals surface area contributed by atoms with Crippen LogP contribution < -0.4 is 11.1 Å². The fraction of sp³-hybridized carbons (Fsp3) is 0.0968. The van der Waals surface area contributed by atoms with Crippen molar-refractivity contribution < 1.29 is 14.0 Å². The summed E-state index contributed by atoms with van der Waals surface area (Å²) in [5.41, 5.74) is 10.1. The van der Waals surface area contributed by atoms with Crippen LogP contribution in [0.15, 0.2) is 97.1 Å². The maximum absolute atomic E-state index is 13.5. The lowest BCUT2D eigenvalue weighted by Gasteiger charge is -2.18. The number of carbonyl (C=O) groups is 2. The average Bonchev–Trinajstić information content (AvgIpc) is 3.60. The second kappa shape index (κ2) is 8.98. The van der Waals surface area contributed by atoms with Crippen LogP contribution in [0.3, 0.4) is 0 Å². The van der Waals surface area contributed by atoms with Crippen molar-refractivity contribution in [3.05, 3.63) is 120 Å². The normalized spacial score (nSPS) is 13.9. The number of hydrogen-bond donors (Lipinski definition) is 2. The first-order chi connectivity index (χ1) is 17.9. The maximum atomic E-state index is 13.5. The molecule has 0 aliphatic heterocycles. The molecule has 2 amide bonds. The van der Waals surface area contributed by atoms with Gasteiger partial charge in [0, 0.05) is 20.5 Å².